The number of ether oxygens (including phenoxy) is 2. The van der Waals surface area contributed by atoms with Crippen LogP contribution in [0.2, 0.25) is 0 Å². The van der Waals surface area contributed by atoms with Crippen LogP contribution in [0.15, 0.2) is 41.3 Å². The molecule has 7 heteroatoms. The first kappa shape index (κ1) is 17.2. The molecular formula is C19H18O6S. The molecule has 1 unspecified atom stereocenters. The molecule has 0 bridgehead atoms. The van der Waals surface area contributed by atoms with Crippen LogP contribution in [0.1, 0.15) is 38.7 Å². The minimum atomic E-state index is -3.86. The zero-order valence-corrected chi connectivity index (χ0v) is 15.0. The summed E-state index contributed by atoms with van der Waals surface area (Å²) in [7, 11) is -3.86. The molecule has 4 rings (SSSR count). The SMILES string of the molecule is Cc1ccc(S(=O)(=O)OCC2OCCc3c2ccc2c3COC2=O)cc1. The van der Waals surface area contributed by atoms with Crippen molar-refractivity contribution in [3.8, 4) is 0 Å². The van der Waals surface area contributed by atoms with E-state index >= 15 is 0 Å². The summed E-state index contributed by atoms with van der Waals surface area (Å²) in [5.74, 6) is -0.316. The Morgan fingerprint density at radius 2 is 1.88 bits per heavy atom. The lowest BCUT2D eigenvalue weighted by atomic mass is 9.91. The fourth-order valence-electron chi connectivity index (χ4n) is 3.33. The van der Waals surface area contributed by atoms with Crippen molar-refractivity contribution in [2.24, 2.45) is 0 Å². The van der Waals surface area contributed by atoms with Gasteiger partial charge >= 0.3 is 5.97 Å². The number of cyclic esters (lactones) is 1. The molecule has 26 heavy (non-hydrogen) atoms. The topological polar surface area (TPSA) is 78.9 Å². The van der Waals surface area contributed by atoms with E-state index in [-0.39, 0.29) is 24.1 Å². The van der Waals surface area contributed by atoms with E-state index in [4.69, 9.17) is 13.7 Å². The largest absolute Gasteiger partial charge is 0.457 e. The van der Waals surface area contributed by atoms with E-state index in [1.165, 1.54) is 12.1 Å². The highest BCUT2D eigenvalue weighted by molar-refractivity contribution is 7.86. The molecule has 2 aliphatic rings. The molecule has 2 aliphatic heterocycles. The Kier molecular flexibility index (Phi) is 4.30. The molecule has 0 fully saturated rings. The maximum atomic E-state index is 12.4. The zero-order chi connectivity index (χ0) is 18.3. The van der Waals surface area contributed by atoms with Crippen molar-refractivity contribution in [3.63, 3.8) is 0 Å². The number of carbonyl (C=O) groups is 1. The quantitative estimate of drug-likeness (QED) is 0.605. The average molecular weight is 374 g/mol. The molecule has 0 amide bonds. The maximum absolute atomic E-state index is 12.4. The van der Waals surface area contributed by atoms with Crippen LogP contribution in [-0.4, -0.2) is 27.6 Å². The van der Waals surface area contributed by atoms with E-state index in [0.29, 0.717) is 18.6 Å². The highest BCUT2D eigenvalue weighted by atomic mass is 32.2. The lowest BCUT2D eigenvalue weighted by Crippen LogP contribution is -2.23. The summed E-state index contributed by atoms with van der Waals surface area (Å²) in [6.45, 7) is 2.47. The number of carbonyl (C=O) groups excluding carboxylic acids is 1. The standard InChI is InChI=1S/C19H18O6S/c1-12-2-4-13(5-3-12)26(21,22)25-11-18-15-6-7-16-17(10-24-19(16)20)14(15)8-9-23-18/h2-7,18H,8-11H2,1H3. The highest BCUT2D eigenvalue weighted by Crippen LogP contribution is 2.35. The number of hydrogen-bond acceptors (Lipinski definition) is 6. The lowest BCUT2D eigenvalue weighted by molar-refractivity contribution is 0.0114. The van der Waals surface area contributed by atoms with Crippen LogP contribution in [0.4, 0.5) is 0 Å². The molecule has 1 atom stereocenters. The van der Waals surface area contributed by atoms with Crippen molar-refractivity contribution in [2.75, 3.05) is 13.2 Å². The van der Waals surface area contributed by atoms with E-state index in [9.17, 15) is 13.2 Å². The first-order valence-electron chi connectivity index (χ1n) is 8.35. The summed E-state index contributed by atoms with van der Waals surface area (Å²) in [5, 5.41) is 0. The van der Waals surface area contributed by atoms with Gasteiger partial charge in [0.05, 0.1) is 23.7 Å². The number of esters is 1. The van der Waals surface area contributed by atoms with E-state index in [1.54, 1.807) is 24.3 Å². The lowest BCUT2D eigenvalue weighted by Gasteiger charge is -2.27. The maximum Gasteiger partial charge on any atom is 0.338 e. The Bertz CT molecular complexity index is 962. The number of rotatable bonds is 4. The van der Waals surface area contributed by atoms with Crippen molar-refractivity contribution in [2.45, 2.75) is 31.0 Å². The molecule has 0 saturated heterocycles. The van der Waals surface area contributed by atoms with Gasteiger partial charge in [0.15, 0.2) is 0 Å². The third-order valence-electron chi connectivity index (χ3n) is 4.74. The van der Waals surface area contributed by atoms with Gasteiger partial charge in [0.1, 0.15) is 12.7 Å². The third kappa shape index (κ3) is 3.02. The zero-order valence-electron chi connectivity index (χ0n) is 14.2. The van der Waals surface area contributed by atoms with Gasteiger partial charge in [0.25, 0.3) is 10.1 Å². The Labute approximate surface area is 151 Å². The predicted molar refractivity (Wildman–Crippen MR) is 92.3 cm³/mol. The monoisotopic (exact) mass is 374 g/mol. The summed E-state index contributed by atoms with van der Waals surface area (Å²) in [6, 6.07) is 10.0. The van der Waals surface area contributed by atoms with Gasteiger partial charge < -0.3 is 9.47 Å². The van der Waals surface area contributed by atoms with Crippen molar-refractivity contribution in [3.05, 3.63) is 64.2 Å². The summed E-state index contributed by atoms with van der Waals surface area (Å²) in [5.41, 5.74) is 4.28. The normalized spacial score (nSPS) is 19.0. The van der Waals surface area contributed by atoms with Crippen LogP contribution in [-0.2, 0) is 36.8 Å². The molecule has 0 radical (unpaired) electrons. The molecule has 0 saturated carbocycles. The molecule has 136 valence electrons. The fourth-order valence-corrected chi connectivity index (χ4v) is 4.24. The van der Waals surface area contributed by atoms with Crippen molar-refractivity contribution < 1.29 is 26.9 Å². The fraction of sp³-hybridized carbons (Fsp3) is 0.316. The minimum Gasteiger partial charge on any atom is -0.457 e. The van der Waals surface area contributed by atoms with Gasteiger partial charge in [-0.15, -0.1) is 0 Å². The van der Waals surface area contributed by atoms with E-state index in [1.807, 2.05) is 6.92 Å². The summed E-state index contributed by atoms with van der Waals surface area (Å²) in [6.07, 6.45) is 0.163. The molecule has 0 N–H and O–H groups in total. The number of fused-ring (bicyclic) bond motifs is 3. The van der Waals surface area contributed by atoms with Gasteiger partial charge in [-0.1, -0.05) is 23.8 Å². The van der Waals surface area contributed by atoms with E-state index in [0.717, 1.165) is 22.3 Å². The molecule has 2 aromatic carbocycles. The van der Waals surface area contributed by atoms with Crippen LogP contribution in [0.3, 0.4) is 0 Å². The van der Waals surface area contributed by atoms with Crippen LogP contribution in [0.5, 0.6) is 0 Å². The van der Waals surface area contributed by atoms with Gasteiger partial charge in [0, 0.05) is 5.56 Å². The Morgan fingerprint density at radius 3 is 2.65 bits per heavy atom. The molecule has 6 nitrogen and oxygen atoms in total. The molecule has 2 aromatic rings. The van der Waals surface area contributed by atoms with Gasteiger partial charge in [0.2, 0.25) is 0 Å². The van der Waals surface area contributed by atoms with Gasteiger partial charge in [-0.2, -0.15) is 8.42 Å². The van der Waals surface area contributed by atoms with Crippen LogP contribution < -0.4 is 0 Å². The minimum absolute atomic E-state index is 0.114. The molecular weight excluding hydrogens is 356 g/mol. The van der Waals surface area contributed by atoms with E-state index < -0.39 is 16.2 Å². The highest BCUT2D eigenvalue weighted by Gasteiger charge is 2.31. The Balaban J connectivity index is 1.56. The number of hydrogen-bond donors (Lipinski definition) is 0. The van der Waals surface area contributed by atoms with Gasteiger partial charge in [-0.25, -0.2) is 4.79 Å². The second kappa shape index (κ2) is 6.50. The Hall–Kier alpha value is -2.22. The third-order valence-corrected chi connectivity index (χ3v) is 6.03. The van der Waals surface area contributed by atoms with Gasteiger partial charge in [-0.05, 0) is 42.7 Å². The van der Waals surface area contributed by atoms with Crippen molar-refractivity contribution in [1.82, 2.24) is 0 Å². The Morgan fingerprint density at radius 1 is 1.12 bits per heavy atom. The van der Waals surface area contributed by atoms with Crippen LogP contribution >= 0.6 is 0 Å². The number of benzene rings is 2. The summed E-state index contributed by atoms with van der Waals surface area (Å²) in [4.78, 5) is 11.8. The molecule has 0 aromatic heterocycles. The predicted octanol–water partition coefficient (Wildman–Crippen LogP) is 2.68. The van der Waals surface area contributed by atoms with Crippen LogP contribution in [0, 0.1) is 6.92 Å². The molecule has 2 heterocycles. The summed E-state index contributed by atoms with van der Waals surface area (Å²) < 4.78 is 40.8. The molecule has 0 spiro atoms. The second-order valence-electron chi connectivity index (χ2n) is 6.40. The average Bonchev–Trinajstić information content (AvgIpc) is 3.02. The molecule has 0 aliphatic carbocycles. The first-order chi connectivity index (χ1) is 12.5. The van der Waals surface area contributed by atoms with E-state index in [2.05, 4.69) is 0 Å². The van der Waals surface area contributed by atoms with Gasteiger partial charge in [-0.3, -0.25) is 4.18 Å². The number of aryl methyl sites for hydroxylation is 1. The smallest absolute Gasteiger partial charge is 0.338 e. The van der Waals surface area contributed by atoms with Crippen molar-refractivity contribution >= 4 is 16.1 Å². The van der Waals surface area contributed by atoms with Crippen LogP contribution in [0.25, 0.3) is 0 Å². The first-order valence-corrected chi connectivity index (χ1v) is 9.76. The summed E-state index contributed by atoms with van der Waals surface area (Å²) >= 11 is 0. The second-order valence-corrected chi connectivity index (χ2v) is 8.01. The van der Waals surface area contributed by atoms with Crippen molar-refractivity contribution in [1.29, 1.82) is 0 Å².